The van der Waals surface area contributed by atoms with Crippen LogP contribution in [0, 0.1) is 0 Å². The normalized spacial score (nSPS) is 10.8. The molecule has 2 heterocycles. The molecule has 0 aliphatic rings. The fraction of sp³-hybridized carbons (Fsp3) is 0.222. The molecule has 0 amide bonds. The highest BCUT2D eigenvalue weighted by molar-refractivity contribution is 7.98. The average molecular weight is 223 g/mol. The zero-order valence-electron chi connectivity index (χ0n) is 8.26. The lowest BCUT2D eigenvalue weighted by Crippen LogP contribution is -2.01. The monoisotopic (exact) mass is 223 g/mol. The molecule has 0 fully saturated rings. The predicted octanol–water partition coefficient (Wildman–Crippen LogP) is 1.39. The van der Waals surface area contributed by atoms with E-state index in [2.05, 4.69) is 9.97 Å². The third kappa shape index (κ3) is 1.56. The van der Waals surface area contributed by atoms with Crippen LogP contribution in [0.3, 0.4) is 0 Å². The maximum atomic E-state index is 10.7. The quantitative estimate of drug-likeness (QED) is 0.779. The number of nitrogens with zero attached hydrogens (tertiary/aromatic N) is 3. The van der Waals surface area contributed by atoms with Crippen molar-refractivity contribution in [2.75, 3.05) is 6.26 Å². The Hall–Kier alpha value is -1.56. The van der Waals surface area contributed by atoms with E-state index in [1.54, 1.807) is 10.6 Å². The van der Waals surface area contributed by atoms with E-state index in [4.69, 9.17) is 5.11 Å². The Bertz CT molecular complexity index is 535. The summed E-state index contributed by atoms with van der Waals surface area (Å²) in [4.78, 5) is 19.1. The summed E-state index contributed by atoms with van der Waals surface area (Å²) in [6, 6.07) is 3.13. The van der Waals surface area contributed by atoms with Crippen molar-refractivity contribution >= 4 is 28.9 Å². The average Bonchev–Trinajstić information content (AvgIpc) is 2.55. The highest BCUT2D eigenvalue weighted by Crippen LogP contribution is 2.19. The molecule has 0 spiro atoms. The van der Waals surface area contributed by atoms with Crippen LogP contribution in [0.2, 0.25) is 0 Å². The van der Waals surface area contributed by atoms with Crippen molar-refractivity contribution in [3.63, 3.8) is 0 Å². The van der Waals surface area contributed by atoms with Gasteiger partial charge in [-0.05, 0) is 18.4 Å². The van der Waals surface area contributed by atoms with E-state index >= 15 is 0 Å². The molecule has 0 aliphatic carbocycles. The first-order valence-electron chi connectivity index (χ1n) is 4.24. The third-order valence-corrected chi connectivity index (χ3v) is 2.81. The Labute approximate surface area is 90.1 Å². The van der Waals surface area contributed by atoms with E-state index in [9.17, 15) is 4.79 Å². The summed E-state index contributed by atoms with van der Waals surface area (Å²) in [6.07, 6.45) is 1.92. The number of hydrogen-bond donors (Lipinski definition) is 1. The number of aromatic carboxylic acids is 1. The molecule has 1 N–H and O–H groups in total. The summed E-state index contributed by atoms with van der Waals surface area (Å²) in [5.74, 6) is -1.02. The van der Waals surface area contributed by atoms with Crippen molar-refractivity contribution in [3.05, 3.63) is 17.8 Å². The summed E-state index contributed by atoms with van der Waals surface area (Å²) < 4.78 is 1.78. The van der Waals surface area contributed by atoms with Crippen molar-refractivity contribution in [1.29, 1.82) is 0 Å². The summed E-state index contributed by atoms with van der Waals surface area (Å²) in [5, 5.41) is 9.62. The first-order chi connectivity index (χ1) is 7.13. The molecular formula is C9H9N3O2S. The minimum absolute atomic E-state index is 0.0400. The molecule has 5 nitrogen and oxygen atoms in total. The van der Waals surface area contributed by atoms with Gasteiger partial charge < -0.3 is 9.67 Å². The van der Waals surface area contributed by atoms with Crippen LogP contribution < -0.4 is 0 Å². The van der Waals surface area contributed by atoms with Gasteiger partial charge in [0, 0.05) is 7.05 Å². The molecule has 0 aliphatic heterocycles. The number of carboxylic acid groups (broad SMARTS) is 1. The van der Waals surface area contributed by atoms with Gasteiger partial charge in [-0.2, -0.15) is 0 Å². The molecule has 0 aromatic carbocycles. The second-order valence-corrected chi connectivity index (χ2v) is 3.78. The molecule has 2 aromatic rings. The van der Waals surface area contributed by atoms with Gasteiger partial charge in [-0.1, -0.05) is 11.8 Å². The minimum atomic E-state index is -1.02. The largest absolute Gasteiger partial charge is 0.477 e. The number of hydrogen-bond acceptors (Lipinski definition) is 4. The van der Waals surface area contributed by atoms with Crippen LogP contribution in [0.5, 0.6) is 0 Å². The lowest BCUT2D eigenvalue weighted by molar-refractivity contribution is 0.0691. The van der Waals surface area contributed by atoms with Gasteiger partial charge in [-0.15, -0.1) is 0 Å². The summed E-state index contributed by atoms with van der Waals surface area (Å²) in [5.41, 5.74) is 1.35. The van der Waals surface area contributed by atoms with Crippen LogP contribution in [-0.4, -0.2) is 31.9 Å². The number of rotatable bonds is 2. The Morgan fingerprint density at radius 2 is 2.20 bits per heavy atom. The topological polar surface area (TPSA) is 68.0 Å². The molecule has 2 aromatic heterocycles. The van der Waals surface area contributed by atoms with Gasteiger partial charge in [-0.25, -0.2) is 14.8 Å². The minimum Gasteiger partial charge on any atom is -0.477 e. The molecule has 0 radical (unpaired) electrons. The summed E-state index contributed by atoms with van der Waals surface area (Å²) in [7, 11) is 1.82. The van der Waals surface area contributed by atoms with Gasteiger partial charge in [-0.3, -0.25) is 0 Å². The molecule has 2 rings (SSSR count). The Balaban J connectivity index is 2.70. The van der Waals surface area contributed by atoms with Gasteiger partial charge in [0.1, 0.15) is 5.52 Å². The van der Waals surface area contributed by atoms with E-state index in [0.717, 1.165) is 5.16 Å². The zero-order chi connectivity index (χ0) is 11.0. The lowest BCUT2D eigenvalue weighted by atomic mass is 10.3. The molecule has 78 valence electrons. The number of fused-ring (bicyclic) bond motifs is 1. The van der Waals surface area contributed by atoms with E-state index in [1.165, 1.54) is 17.8 Å². The van der Waals surface area contributed by atoms with Gasteiger partial charge in [0.25, 0.3) is 0 Å². The van der Waals surface area contributed by atoms with E-state index in [0.29, 0.717) is 11.2 Å². The number of imidazole rings is 1. The van der Waals surface area contributed by atoms with Crippen LogP contribution in [0.1, 0.15) is 10.5 Å². The third-order valence-electron chi connectivity index (χ3n) is 2.08. The molecule has 6 heteroatoms. The summed E-state index contributed by atoms with van der Waals surface area (Å²) >= 11 is 1.50. The zero-order valence-corrected chi connectivity index (χ0v) is 9.08. The van der Waals surface area contributed by atoms with Crippen molar-refractivity contribution < 1.29 is 9.90 Å². The molecule has 0 saturated heterocycles. The van der Waals surface area contributed by atoms with E-state index in [-0.39, 0.29) is 5.69 Å². The number of thioether (sulfide) groups is 1. The predicted molar refractivity (Wildman–Crippen MR) is 57.2 cm³/mol. The number of pyridine rings is 1. The molecular weight excluding hydrogens is 214 g/mol. The fourth-order valence-electron chi connectivity index (χ4n) is 1.35. The second-order valence-electron chi connectivity index (χ2n) is 3.00. The maximum Gasteiger partial charge on any atom is 0.354 e. The second kappa shape index (κ2) is 3.54. The van der Waals surface area contributed by atoms with Crippen LogP contribution in [0.15, 0.2) is 17.3 Å². The molecule has 0 saturated carbocycles. The van der Waals surface area contributed by atoms with Crippen molar-refractivity contribution in [2.45, 2.75) is 5.16 Å². The SMILES string of the molecule is CSc1nc2ccc(C(=O)O)nc2n1C. The van der Waals surface area contributed by atoms with Crippen LogP contribution >= 0.6 is 11.8 Å². The summed E-state index contributed by atoms with van der Waals surface area (Å²) in [6.45, 7) is 0. The molecule has 0 bridgehead atoms. The molecule has 15 heavy (non-hydrogen) atoms. The fourth-order valence-corrected chi connectivity index (χ4v) is 1.90. The first-order valence-corrected chi connectivity index (χ1v) is 5.46. The highest BCUT2D eigenvalue weighted by atomic mass is 32.2. The van der Waals surface area contributed by atoms with Crippen LogP contribution in [0.25, 0.3) is 11.2 Å². The first kappa shape index (κ1) is 9.97. The maximum absolute atomic E-state index is 10.7. The smallest absolute Gasteiger partial charge is 0.354 e. The van der Waals surface area contributed by atoms with E-state index in [1.807, 2.05) is 13.3 Å². The Kier molecular flexibility index (Phi) is 2.36. The van der Waals surface area contributed by atoms with Gasteiger partial charge in [0.15, 0.2) is 16.5 Å². The Morgan fingerprint density at radius 1 is 1.47 bits per heavy atom. The van der Waals surface area contributed by atoms with Gasteiger partial charge in [0.05, 0.1) is 0 Å². The van der Waals surface area contributed by atoms with Gasteiger partial charge in [0.2, 0.25) is 0 Å². The molecule has 0 atom stereocenters. The lowest BCUT2D eigenvalue weighted by Gasteiger charge is -1.97. The highest BCUT2D eigenvalue weighted by Gasteiger charge is 2.11. The van der Waals surface area contributed by atoms with Crippen molar-refractivity contribution in [3.8, 4) is 0 Å². The van der Waals surface area contributed by atoms with E-state index < -0.39 is 5.97 Å². The van der Waals surface area contributed by atoms with Gasteiger partial charge >= 0.3 is 5.97 Å². The number of carbonyl (C=O) groups is 1. The number of aryl methyl sites for hydroxylation is 1. The molecule has 0 unspecified atom stereocenters. The van der Waals surface area contributed by atoms with Crippen molar-refractivity contribution in [2.24, 2.45) is 7.05 Å². The Morgan fingerprint density at radius 3 is 2.80 bits per heavy atom. The number of aromatic nitrogens is 3. The van der Waals surface area contributed by atoms with Crippen LogP contribution in [-0.2, 0) is 7.05 Å². The standard InChI is InChI=1S/C9H9N3O2S/c1-12-7-5(11-9(12)15-2)3-4-6(10-7)8(13)14/h3-4H,1-2H3,(H,13,14). The van der Waals surface area contributed by atoms with Crippen molar-refractivity contribution in [1.82, 2.24) is 14.5 Å². The van der Waals surface area contributed by atoms with Crippen LogP contribution in [0.4, 0.5) is 0 Å². The number of carboxylic acids is 1.